The highest BCUT2D eigenvalue weighted by atomic mass is 16.5. The fourth-order valence-corrected chi connectivity index (χ4v) is 3.15. The SMILES string of the molecule is CCNC(CCOC1CC(C)CC(C)C1)C(=O)OCC. The summed E-state index contributed by atoms with van der Waals surface area (Å²) < 4.78 is 11.1. The van der Waals surface area contributed by atoms with Crippen LogP contribution in [0.15, 0.2) is 0 Å². The molecule has 1 rings (SSSR count). The molecular weight excluding hydrogens is 254 g/mol. The first-order valence-corrected chi connectivity index (χ1v) is 8.08. The molecule has 0 heterocycles. The molecule has 0 amide bonds. The smallest absolute Gasteiger partial charge is 0.323 e. The van der Waals surface area contributed by atoms with Gasteiger partial charge in [0.05, 0.1) is 12.7 Å². The molecule has 0 spiro atoms. The van der Waals surface area contributed by atoms with Crippen molar-refractivity contribution in [1.29, 1.82) is 0 Å². The van der Waals surface area contributed by atoms with Crippen LogP contribution in [0.4, 0.5) is 0 Å². The molecule has 1 fully saturated rings. The van der Waals surface area contributed by atoms with E-state index in [-0.39, 0.29) is 12.0 Å². The zero-order valence-electron chi connectivity index (χ0n) is 13.5. The number of ether oxygens (including phenoxy) is 2. The van der Waals surface area contributed by atoms with Crippen molar-refractivity contribution < 1.29 is 14.3 Å². The second kappa shape index (κ2) is 9.35. The summed E-state index contributed by atoms with van der Waals surface area (Å²) in [6.45, 7) is 10.2. The zero-order valence-corrected chi connectivity index (χ0v) is 13.5. The summed E-state index contributed by atoms with van der Waals surface area (Å²) in [7, 11) is 0. The molecule has 20 heavy (non-hydrogen) atoms. The van der Waals surface area contributed by atoms with Crippen LogP contribution in [0.3, 0.4) is 0 Å². The number of rotatable bonds is 8. The normalized spacial score (nSPS) is 28.1. The number of nitrogens with one attached hydrogen (secondary N) is 1. The molecule has 0 aliphatic heterocycles. The highest BCUT2D eigenvalue weighted by molar-refractivity contribution is 5.75. The third-order valence-corrected chi connectivity index (χ3v) is 3.92. The number of likely N-dealkylation sites (N-methyl/N-ethyl adjacent to an activating group) is 1. The summed E-state index contributed by atoms with van der Waals surface area (Å²) in [4.78, 5) is 11.8. The molecule has 0 aromatic carbocycles. The van der Waals surface area contributed by atoms with Crippen LogP contribution in [0.2, 0.25) is 0 Å². The number of carbonyl (C=O) groups excluding carboxylic acids is 1. The van der Waals surface area contributed by atoms with Gasteiger partial charge in [0.25, 0.3) is 0 Å². The van der Waals surface area contributed by atoms with E-state index in [4.69, 9.17) is 9.47 Å². The molecule has 0 bridgehead atoms. The van der Waals surface area contributed by atoms with Gasteiger partial charge in [-0.1, -0.05) is 20.8 Å². The van der Waals surface area contributed by atoms with E-state index in [2.05, 4.69) is 19.2 Å². The van der Waals surface area contributed by atoms with Gasteiger partial charge in [0.2, 0.25) is 0 Å². The quantitative estimate of drug-likeness (QED) is 0.697. The van der Waals surface area contributed by atoms with Crippen molar-refractivity contribution >= 4 is 5.97 Å². The lowest BCUT2D eigenvalue weighted by molar-refractivity contribution is -0.146. The van der Waals surface area contributed by atoms with Gasteiger partial charge in [-0.3, -0.25) is 4.79 Å². The molecule has 1 saturated carbocycles. The predicted octanol–water partition coefficient (Wildman–Crippen LogP) is 2.76. The largest absolute Gasteiger partial charge is 0.465 e. The lowest BCUT2D eigenvalue weighted by Gasteiger charge is -2.31. The Balaban J connectivity index is 2.30. The molecular formula is C16H31NO3. The Hall–Kier alpha value is -0.610. The minimum atomic E-state index is -0.238. The van der Waals surface area contributed by atoms with Crippen LogP contribution < -0.4 is 5.32 Å². The standard InChI is InChI=1S/C16H31NO3/c1-5-17-15(16(18)19-6-2)7-8-20-14-10-12(3)9-13(4)11-14/h12-15,17H,5-11H2,1-4H3. The van der Waals surface area contributed by atoms with Crippen molar-refractivity contribution in [3.05, 3.63) is 0 Å². The van der Waals surface area contributed by atoms with Crippen molar-refractivity contribution in [2.75, 3.05) is 19.8 Å². The van der Waals surface area contributed by atoms with E-state index in [9.17, 15) is 4.79 Å². The van der Waals surface area contributed by atoms with Gasteiger partial charge in [0.15, 0.2) is 0 Å². The Kier molecular flexibility index (Phi) is 8.15. The fourth-order valence-electron chi connectivity index (χ4n) is 3.15. The van der Waals surface area contributed by atoms with E-state index < -0.39 is 0 Å². The van der Waals surface area contributed by atoms with Crippen LogP contribution in [0.1, 0.15) is 53.4 Å². The average molecular weight is 285 g/mol. The summed E-state index contributed by atoms with van der Waals surface area (Å²) >= 11 is 0. The van der Waals surface area contributed by atoms with Crippen molar-refractivity contribution in [3.8, 4) is 0 Å². The van der Waals surface area contributed by atoms with Crippen LogP contribution in [0.5, 0.6) is 0 Å². The molecule has 0 radical (unpaired) electrons. The number of hydrogen-bond donors (Lipinski definition) is 1. The first-order valence-electron chi connectivity index (χ1n) is 8.08. The molecule has 4 nitrogen and oxygen atoms in total. The Labute approximate surface area is 123 Å². The summed E-state index contributed by atoms with van der Waals surface area (Å²) in [6, 6.07) is -0.238. The molecule has 1 aliphatic rings. The van der Waals surface area contributed by atoms with Crippen LogP contribution in [0, 0.1) is 11.8 Å². The Morgan fingerprint density at radius 1 is 1.20 bits per heavy atom. The van der Waals surface area contributed by atoms with Crippen molar-refractivity contribution in [1.82, 2.24) is 5.32 Å². The molecule has 0 aromatic heterocycles. The minimum absolute atomic E-state index is 0.164. The van der Waals surface area contributed by atoms with Crippen molar-refractivity contribution in [2.24, 2.45) is 11.8 Å². The van der Waals surface area contributed by atoms with Crippen molar-refractivity contribution in [3.63, 3.8) is 0 Å². The van der Waals surface area contributed by atoms with Crippen LogP contribution in [-0.2, 0) is 14.3 Å². The van der Waals surface area contributed by atoms with Gasteiger partial charge in [-0.2, -0.15) is 0 Å². The summed E-state index contributed by atoms with van der Waals surface area (Å²) in [5.74, 6) is 1.33. The topological polar surface area (TPSA) is 47.6 Å². The molecule has 3 unspecified atom stereocenters. The highest BCUT2D eigenvalue weighted by Gasteiger charge is 2.25. The third kappa shape index (κ3) is 6.23. The van der Waals surface area contributed by atoms with E-state index in [1.54, 1.807) is 0 Å². The Bertz CT molecular complexity index is 273. The minimum Gasteiger partial charge on any atom is -0.465 e. The van der Waals surface area contributed by atoms with E-state index in [1.807, 2.05) is 13.8 Å². The monoisotopic (exact) mass is 285 g/mol. The van der Waals surface area contributed by atoms with E-state index in [0.29, 0.717) is 25.7 Å². The number of carbonyl (C=O) groups is 1. The van der Waals surface area contributed by atoms with Crippen LogP contribution in [0.25, 0.3) is 0 Å². The Morgan fingerprint density at radius 3 is 2.40 bits per heavy atom. The average Bonchev–Trinajstić information content (AvgIpc) is 2.37. The third-order valence-electron chi connectivity index (χ3n) is 3.92. The van der Waals surface area contributed by atoms with Gasteiger partial charge in [-0.25, -0.2) is 0 Å². The number of hydrogen-bond acceptors (Lipinski definition) is 4. The van der Waals surface area contributed by atoms with Crippen LogP contribution in [-0.4, -0.2) is 37.9 Å². The first kappa shape index (κ1) is 17.4. The van der Waals surface area contributed by atoms with E-state index >= 15 is 0 Å². The van der Waals surface area contributed by atoms with Crippen LogP contribution >= 0.6 is 0 Å². The first-order chi connectivity index (χ1) is 9.56. The zero-order chi connectivity index (χ0) is 15.0. The predicted molar refractivity (Wildman–Crippen MR) is 80.6 cm³/mol. The number of esters is 1. The molecule has 4 heteroatoms. The van der Waals surface area contributed by atoms with Gasteiger partial charge in [-0.05, 0) is 51.0 Å². The highest BCUT2D eigenvalue weighted by Crippen LogP contribution is 2.30. The molecule has 1 aliphatic carbocycles. The second-order valence-electron chi connectivity index (χ2n) is 6.06. The Morgan fingerprint density at radius 2 is 1.85 bits per heavy atom. The maximum atomic E-state index is 11.8. The lowest BCUT2D eigenvalue weighted by atomic mass is 9.82. The van der Waals surface area contributed by atoms with Gasteiger partial charge >= 0.3 is 5.97 Å². The lowest BCUT2D eigenvalue weighted by Crippen LogP contribution is -2.39. The summed E-state index contributed by atoms with van der Waals surface area (Å²) in [6.07, 6.45) is 4.65. The second-order valence-corrected chi connectivity index (χ2v) is 6.06. The molecule has 118 valence electrons. The van der Waals surface area contributed by atoms with Gasteiger partial charge in [0, 0.05) is 6.61 Å². The summed E-state index contributed by atoms with van der Waals surface area (Å²) in [5, 5.41) is 3.17. The summed E-state index contributed by atoms with van der Waals surface area (Å²) in [5.41, 5.74) is 0. The van der Waals surface area contributed by atoms with Gasteiger partial charge < -0.3 is 14.8 Å². The van der Waals surface area contributed by atoms with E-state index in [0.717, 1.165) is 31.2 Å². The molecule has 0 aromatic rings. The molecule has 1 N–H and O–H groups in total. The maximum Gasteiger partial charge on any atom is 0.323 e. The molecule has 0 saturated heterocycles. The van der Waals surface area contributed by atoms with Gasteiger partial charge in [-0.15, -0.1) is 0 Å². The van der Waals surface area contributed by atoms with Gasteiger partial charge in [0.1, 0.15) is 6.04 Å². The molecule has 3 atom stereocenters. The van der Waals surface area contributed by atoms with E-state index in [1.165, 1.54) is 6.42 Å². The fraction of sp³-hybridized carbons (Fsp3) is 0.938. The van der Waals surface area contributed by atoms with Crippen molar-refractivity contribution in [2.45, 2.75) is 65.5 Å². The maximum absolute atomic E-state index is 11.8.